The van der Waals surface area contributed by atoms with E-state index < -0.39 is 0 Å². The number of rotatable bonds is 4. The molecule has 3 rings (SSSR count). The highest BCUT2D eigenvalue weighted by molar-refractivity contribution is 9.10. The van der Waals surface area contributed by atoms with E-state index in [4.69, 9.17) is 0 Å². The Kier molecular flexibility index (Phi) is 4.76. The molecule has 0 aliphatic carbocycles. The first-order valence-corrected chi connectivity index (χ1v) is 8.36. The summed E-state index contributed by atoms with van der Waals surface area (Å²) in [5.74, 6) is -0.162. The van der Waals surface area contributed by atoms with Crippen LogP contribution in [0.3, 0.4) is 0 Å². The lowest BCUT2D eigenvalue weighted by atomic mass is 10.1. The molecule has 0 bridgehead atoms. The van der Waals surface area contributed by atoms with Crippen molar-refractivity contribution in [3.05, 3.63) is 76.5 Å². The molecule has 0 aliphatic rings. The van der Waals surface area contributed by atoms with Crippen molar-refractivity contribution in [1.29, 1.82) is 0 Å². The number of carbonyl (C=O) groups excluding carboxylic acids is 1. The van der Waals surface area contributed by atoms with Gasteiger partial charge in [0.05, 0.1) is 17.9 Å². The Hall–Kier alpha value is -2.47. The molecule has 0 saturated heterocycles. The number of halogens is 1. The second-order valence-electron chi connectivity index (χ2n) is 5.50. The van der Waals surface area contributed by atoms with Crippen molar-refractivity contribution in [3.8, 4) is 5.69 Å². The summed E-state index contributed by atoms with van der Waals surface area (Å²) in [6.07, 6.45) is 1.65. The molecular weight excluding hydrogens is 368 g/mol. The Bertz CT molecular complexity index is 847. The molecule has 0 N–H and O–H groups in total. The highest BCUT2D eigenvalue weighted by atomic mass is 79.9. The molecule has 5 nitrogen and oxygen atoms in total. The molecule has 1 aromatic heterocycles. The van der Waals surface area contributed by atoms with Crippen LogP contribution in [0.4, 0.5) is 0 Å². The monoisotopic (exact) mass is 384 g/mol. The van der Waals surface area contributed by atoms with Gasteiger partial charge in [-0.2, -0.15) is 0 Å². The number of aromatic nitrogens is 3. The van der Waals surface area contributed by atoms with Gasteiger partial charge >= 0.3 is 0 Å². The molecule has 2 aromatic carbocycles. The van der Waals surface area contributed by atoms with Gasteiger partial charge in [0, 0.05) is 11.5 Å². The average Bonchev–Trinajstić information content (AvgIpc) is 3.11. The van der Waals surface area contributed by atoms with E-state index >= 15 is 0 Å². The summed E-state index contributed by atoms with van der Waals surface area (Å²) in [7, 11) is 1.78. The summed E-state index contributed by atoms with van der Waals surface area (Å²) in [5, 5.41) is 8.10. The van der Waals surface area contributed by atoms with Crippen LogP contribution in [0.1, 0.15) is 29.0 Å². The van der Waals surface area contributed by atoms with E-state index in [9.17, 15) is 4.79 Å². The fraction of sp³-hybridized carbons (Fsp3) is 0.167. The highest BCUT2D eigenvalue weighted by Crippen LogP contribution is 2.22. The van der Waals surface area contributed by atoms with Gasteiger partial charge in [-0.25, -0.2) is 4.68 Å². The normalized spacial score (nSPS) is 12.0. The molecule has 1 atom stereocenters. The molecule has 0 spiro atoms. The zero-order chi connectivity index (χ0) is 17.1. The molecule has 0 radical (unpaired) electrons. The largest absolute Gasteiger partial charge is 0.334 e. The molecule has 24 heavy (non-hydrogen) atoms. The van der Waals surface area contributed by atoms with Gasteiger partial charge in [-0.1, -0.05) is 47.7 Å². The first-order chi connectivity index (χ1) is 11.6. The van der Waals surface area contributed by atoms with Crippen LogP contribution in [0.5, 0.6) is 0 Å². The smallest absolute Gasteiger partial charge is 0.276 e. The molecule has 0 saturated carbocycles. The molecule has 1 heterocycles. The molecule has 1 unspecified atom stereocenters. The Labute approximate surface area is 149 Å². The topological polar surface area (TPSA) is 51.0 Å². The Morgan fingerprint density at radius 3 is 2.50 bits per heavy atom. The summed E-state index contributed by atoms with van der Waals surface area (Å²) in [6.45, 7) is 1.99. The predicted molar refractivity (Wildman–Crippen MR) is 96.0 cm³/mol. The maximum absolute atomic E-state index is 12.7. The first kappa shape index (κ1) is 16.4. The van der Waals surface area contributed by atoms with E-state index in [0.717, 1.165) is 15.7 Å². The standard InChI is InChI=1S/C18H17BrN4O/c1-13(14-8-4-3-5-9-14)22(2)18(24)16-12-23(21-20-16)17-11-7-6-10-15(17)19/h3-13H,1-2H3. The molecule has 122 valence electrons. The van der Waals surface area contributed by atoms with Crippen LogP contribution in [-0.2, 0) is 0 Å². The second-order valence-corrected chi connectivity index (χ2v) is 6.36. The summed E-state index contributed by atoms with van der Waals surface area (Å²) in [5.41, 5.74) is 2.23. The van der Waals surface area contributed by atoms with Crippen molar-refractivity contribution in [2.24, 2.45) is 0 Å². The predicted octanol–water partition coefficient (Wildman–Crippen LogP) is 3.86. The van der Waals surface area contributed by atoms with Crippen LogP contribution in [-0.4, -0.2) is 32.8 Å². The summed E-state index contributed by atoms with van der Waals surface area (Å²) < 4.78 is 2.48. The van der Waals surface area contributed by atoms with Crippen LogP contribution in [0.15, 0.2) is 65.3 Å². The molecule has 3 aromatic rings. The number of carbonyl (C=O) groups is 1. The summed E-state index contributed by atoms with van der Waals surface area (Å²) in [4.78, 5) is 14.4. The fourth-order valence-corrected chi connectivity index (χ4v) is 2.90. The first-order valence-electron chi connectivity index (χ1n) is 7.57. The van der Waals surface area contributed by atoms with Gasteiger partial charge in [0.1, 0.15) is 0 Å². The average molecular weight is 385 g/mol. The minimum atomic E-state index is -0.162. The van der Waals surface area contributed by atoms with Gasteiger partial charge in [-0.05, 0) is 40.5 Å². The van der Waals surface area contributed by atoms with Crippen molar-refractivity contribution in [1.82, 2.24) is 19.9 Å². The minimum absolute atomic E-state index is 0.0488. The van der Waals surface area contributed by atoms with Crippen LogP contribution >= 0.6 is 15.9 Å². The summed E-state index contributed by atoms with van der Waals surface area (Å²) >= 11 is 3.48. The summed E-state index contributed by atoms with van der Waals surface area (Å²) in [6, 6.07) is 17.5. The number of benzene rings is 2. The zero-order valence-electron chi connectivity index (χ0n) is 13.4. The molecule has 1 amide bonds. The van der Waals surface area contributed by atoms with Gasteiger partial charge in [0.25, 0.3) is 5.91 Å². The fourth-order valence-electron chi connectivity index (χ4n) is 2.43. The third-order valence-corrected chi connectivity index (χ3v) is 4.67. The molecule has 0 aliphatic heterocycles. The van der Waals surface area contributed by atoms with E-state index in [1.807, 2.05) is 61.5 Å². The lowest BCUT2D eigenvalue weighted by Crippen LogP contribution is -2.29. The van der Waals surface area contributed by atoms with Crippen molar-refractivity contribution in [2.45, 2.75) is 13.0 Å². The van der Waals surface area contributed by atoms with Crippen molar-refractivity contribution < 1.29 is 4.79 Å². The van der Waals surface area contributed by atoms with Crippen LogP contribution < -0.4 is 0 Å². The van der Waals surface area contributed by atoms with Gasteiger partial charge in [-0.3, -0.25) is 4.79 Å². The lowest BCUT2D eigenvalue weighted by molar-refractivity contribution is 0.0736. The van der Waals surface area contributed by atoms with Gasteiger partial charge in [0.15, 0.2) is 5.69 Å². The van der Waals surface area contributed by atoms with Crippen molar-refractivity contribution in [2.75, 3.05) is 7.05 Å². The highest BCUT2D eigenvalue weighted by Gasteiger charge is 2.21. The van der Waals surface area contributed by atoms with Crippen molar-refractivity contribution in [3.63, 3.8) is 0 Å². The zero-order valence-corrected chi connectivity index (χ0v) is 15.0. The van der Waals surface area contributed by atoms with E-state index in [1.54, 1.807) is 22.8 Å². The lowest BCUT2D eigenvalue weighted by Gasteiger charge is -2.24. The third kappa shape index (κ3) is 3.23. The number of nitrogens with zero attached hydrogens (tertiary/aromatic N) is 4. The maximum atomic E-state index is 12.7. The van der Waals surface area contributed by atoms with Crippen LogP contribution in [0.25, 0.3) is 5.69 Å². The van der Waals surface area contributed by atoms with Crippen molar-refractivity contribution >= 4 is 21.8 Å². The molecule has 0 fully saturated rings. The maximum Gasteiger partial charge on any atom is 0.276 e. The number of para-hydroxylation sites is 1. The van der Waals surface area contributed by atoms with E-state index in [1.165, 1.54) is 0 Å². The third-order valence-electron chi connectivity index (χ3n) is 4.00. The van der Waals surface area contributed by atoms with Crippen LogP contribution in [0.2, 0.25) is 0 Å². The number of hydrogen-bond donors (Lipinski definition) is 0. The molecule has 6 heteroatoms. The van der Waals surface area contributed by atoms with E-state index in [-0.39, 0.29) is 11.9 Å². The number of amides is 1. The second kappa shape index (κ2) is 6.97. The van der Waals surface area contributed by atoms with Gasteiger partial charge in [-0.15, -0.1) is 5.10 Å². The Balaban J connectivity index is 1.82. The van der Waals surface area contributed by atoms with E-state index in [2.05, 4.69) is 26.2 Å². The Morgan fingerprint density at radius 2 is 1.79 bits per heavy atom. The quantitative estimate of drug-likeness (QED) is 0.685. The minimum Gasteiger partial charge on any atom is -0.334 e. The number of hydrogen-bond acceptors (Lipinski definition) is 3. The van der Waals surface area contributed by atoms with Gasteiger partial charge < -0.3 is 4.90 Å². The van der Waals surface area contributed by atoms with E-state index in [0.29, 0.717) is 5.69 Å². The molecular formula is C18H17BrN4O. The SMILES string of the molecule is CC(c1ccccc1)N(C)C(=O)c1cn(-c2ccccc2Br)nn1. The van der Waals surface area contributed by atoms with Gasteiger partial charge in [0.2, 0.25) is 0 Å². The van der Waals surface area contributed by atoms with Crippen LogP contribution in [0, 0.1) is 0 Å². The Morgan fingerprint density at radius 1 is 1.12 bits per heavy atom.